The highest BCUT2D eigenvalue weighted by molar-refractivity contribution is 5.93. The summed E-state index contributed by atoms with van der Waals surface area (Å²) in [5, 5.41) is 8.72. The predicted molar refractivity (Wildman–Crippen MR) is 77.5 cm³/mol. The Labute approximate surface area is 127 Å². The summed E-state index contributed by atoms with van der Waals surface area (Å²) >= 11 is 0. The molecule has 1 amide bonds. The number of hydrogen-bond donors (Lipinski definition) is 1. The fourth-order valence-electron chi connectivity index (χ4n) is 1.91. The molecule has 0 aliphatic rings. The van der Waals surface area contributed by atoms with E-state index in [4.69, 9.17) is 9.52 Å². The van der Waals surface area contributed by atoms with Gasteiger partial charge >= 0.3 is 6.09 Å². The number of furan rings is 1. The summed E-state index contributed by atoms with van der Waals surface area (Å²) in [6.07, 6.45) is -0.557. The van der Waals surface area contributed by atoms with Crippen molar-refractivity contribution >= 4 is 11.9 Å². The van der Waals surface area contributed by atoms with Crippen LogP contribution in [0.5, 0.6) is 0 Å². The van der Waals surface area contributed by atoms with Crippen LogP contribution in [0.4, 0.5) is 9.18 Å². The van der Waals surface area contributed by atoms with E-state index in [9.17, 15) is 14.0 Å². The van der Waals surface area contributed by atoms with Gasteiger partial charge in [0.15, 0.2) is 11.5 Å². The normalized spacial score (nSPS) is 10.5. The minimum Gasteiger partial charge on any atom is -0.465 e. The molecule has 1 aromatic heterocycles. The highest BCUT2D eigenvalue weighted by Crippen LogP contribution is 2.15. The van der Waals surface area contributed by atoms with Gasteiger partial charge in [0.05, 0.1) is 0 Å². The lowest BCUT2D eigenvalue weighted by atomic mass is 10.1. The van der Waals surface area contributed by atoms with Crippen LogP contribution in [-0.2, 0) is 6.42 Å². The lowest BCUT2D eigenvalue weighted by molar-refractivity contribution is 0.0938. The number of carbonyl (C=O) groups is 2. The van der Waals surface area contributed by atoms with Gasteiger partial charge in [0, 0.05) is 26.4 Å². The van der Waals surface area contributed by atoms with Gasteiger partial charge in [-0.15, -0.1) is 0 Å². The highest BCUT2D eigenvalue weighted by atomic mass is 19.1. The third-order valence-corrected chi connectivity index (χ3v) is 3.23. The fourth-order valence-corrected chi connectivity index (χ4v) is 1.91. The van der Waals surface area contributed by atoms with E-state index in [1.807, 2.05) is 0 Å². The number of carbonyl (C=O) groups excluding carboxylic acids is 1. The average Bonchev–Trinajstić information content (AvgIpc) is 2.95. The minimum atomic E-state index is -1.08. The summed E-state index contributed by atoms with van der Waals surface area (Å²) in [7, 11) is 1.40. The first-order valence-electron chi connectivity index (χ1n) is 6.76. The van der Waals surface area contributed by atoms with E-state index in [0.29, 0.717) is 12.2 Å². The number of benzene rings is 1. The van der Waals surface area contributed by atoms with Gasteiger partial charge in [-0.2, -0.15) is 0 Å². The zero-order valence-electron chi connectivity index (χ0n) is 12.1. The summed E-state index contributed by atoms with van der Waals surface area (Å²) in [5.41, 5.74) is 0.875. The number of ketones is 1. The van der Waals surface area contributed by atoms with Gasteiger partial charge in [0.1, 0.15) is 11.6 Å². The third-order valence-electron chi connectivity index (χ3n) is 3.23. The van der Waals surface area contributed by atoms with Gasteiger partial charge in [0.2, 0.25) is 0 Å². The maximum atomic E-state index is 12.8. The van der Waals surface area contributed by atoms with Crippen molar-refractivity contribution < 1.29 is 23.5 Å². The SMILES string of the molecule is CN(CCC(=O)c1ccc(Cc2ccc(F)cc2)o1)C(=O)O. The Balaban J connectivity index is 1.94. The zero-order valence-corrected chi connectivity index (χ0v) is 12.1. The van der Waals surface area contributed by atoms with Crippen LogP contribution in [0, 0.1) is 5.82 Å². The first kappa shape index (κ1) is 15.8. The van der Waals surface area contributed by atoms with E-state index in [1.165, 1.54) is 19.2 Å². The van der Waals surface area contributed by atoms with Crippen LogP contribution in [-0.4, -0.2) is 35.5 Å². The molecule has 0 aliphatic heterocycles. The minimum absolute atomic E-state index is 0.0618. The lowest BCUT2D eigenvalue weighted by Crippen LogP contribution is -2.27. The van der Waals surface area contributed by atoms with Gasteiger partial charge in [-0.05, 0) is 29.8 Å². The molecule has 0 radical (unpaired) electrons. The monoisotopic (exact) mass is 305 g/mol. The Morgan fingerprint density at radius 3 is 2.50 bits per heavy atom. The molecular weight excluding hydrogens is 289 g/mol. The van der Waals surface area contributed by atoms with Crippen LogP contribution in [0.15, 0.2) is 40.8 Å². The van der Waals surface area contributed by atoms with E-state index in [0.717, 1.165) is 10.5 Å². The number of hydrogen-bond acceptors (Lipinski definition) is 3. The van der Waals surface area contributed by atoms with Gasteiger partial charge in [-0.1, -0.05) is 12.1 Å². The summed E-state index contributed by atoms with van der Waals surface area (Å²) in [4.78, 5) is 23.6. The lowest BCUT2D eigenvalue weighted by Gasteiger charge is -2.10. The maximum absolute atomic E-state index is 12.8. The summed E-state index contributed by atoms with van der Waals surface area (Å²) in [5.74, 6) is 0.248. The molecule has 2 aromatic rings. The number of rotatable bonds is 6. The third kappa shape index (κ3) is 4.18. The maximum Gasteiger partial charge on any atom is 0.407 e. The quantitative estimate of drug-likeness (QED) is 0.832. The number of halogens is 1. The van der Waals surface area contributed by atoms with E-state index in [2.05, 4.69) is 0 Å². The second-order valence-corrected chi connectivity index (χ2v) is 4.95. The van der Waals surface area contributed by atoms with Crippen LogP contribution in [0.25, 0.3) is 0 Å². The second-order valence-electron chi connectivity index (χ2n) is 4.95. The molecule has 0 spiro atoms. The molecule has 0 bridgehead atoms. The highest BCUT2D eigenvalue weighted by Gasteiger charge is 2.14. The smallest absolute Gasteiger partial charge is 0.407 e. The molecule has 0 saturated carbocycles. The molecule has 2 rings (SSSR count). The molecule has 0 saturated heterocycles. The standard InChI is InChI=1S/C16H16FNO4/c1-18(16(20)21)9-8-14(19)15-7-6-13(22-15)10-11-2-4-12(17)5-3-11/h2-7H,8-10H2,1H3,(H,20,21). The van der Waals surface area contributed by atoms with Crippen LogP contribution in [0.3, 0.4) is 0 Å². The van der Waals surface area contributed by atoms with Crippen molar-refractivity contribution in [3.05, 3.63) is 59.3 Å². The van der Waals surface area contributed by atoms with Gasteiger partial charge in [-0.3, -0.25) is 4.79 Å². The van der Waals surface area contributed by atoms with Gasteiger partial charge in [0.25, 0.3) is 0 Å². The van der Waals surface area contributed by atoms with E-state index < -0.39 is 6.09 Å². The molecule has 0 atom stereocenters. The second kappa shape index (κ2) is 6.89. The van der Waals surface area contributed by atoms with E-state index >= 15 is 0 Å². The number of carboxylic acid groups (broad SMARTS) is 1. The molecular formula is C16H16FNO4. The van der Waals surface area contributed by atoms with Crippen molar-refractivity contribution in [3.63, 3.8) is 0 Å². The number of Topliss-reactive ketones (excluding diaryl/α,β-unsaturated/α-hetero) is 1. The van der Waals surface area contributed by atoms with E-state index in [-0.39, 0.29) is 30.3 Å². The van der Waals surface area contributed by atoms with Gasteiger partial charge < -0.3 is 14.4 Å². The van der Waals surface area contributed by atoms with Crippen LogP contribution < -0.4 is 0 Å². The average molecular weight is 305 g/mol. The summed E-state index contributed by atoms with van der Waals surface area (Å²) in [6.45, 7) is 0.113. The van der Waals surface area contributed by atoms with Crippen molar-refractivity contribution in [1.29, 1.82) is 0 Å². The Bertz CT molecular complexity index is 663. The van der Waals surface area contributed by atoms with Crippen molar-refractivity contribution in [2.24, 2.45) is 0 Å². The predicted octanol–water partition coefficient (Wildman–Crippen LogP) is 3.19. The molecule has 6 heteroatoms. The molecule has 22 heavy (non-hydrogen) atoms. The van der Waals surface area contributed by atoms with Crippen LogP contribution in [0.1, 0.15) is 28.3 Å². The largest absolute Gasteiger partial charge is 0.465 e. The molecule has 0 unspecified atom stereocenters. The Morgan fingerprint density at radius 2 is 1.86 bits per heavy atom. The summed E-state index contributed by atoms with van der Waals surface area (Å²) < 4.78 is 18.3. The number of amides is 1. The molecule has 1 aromatic carbocycles. The molecule has 0 fully saturated rings. The van der Waals surface area contributed by atoms with Crippen molar-refractivity contribution in [3.8, 4) is 0 Å². The fraction of sp³-hybridized carbons (Fsp3) is 0.250. The van der Waals surface area contributed by atoms with Crippen LogP contribution >= 0.6 is 0 Å². The first-order valence-corrected chi connectivity index (χ1v) is 6.76. The molecule has 1 N–H and O–H groups in total. The molecule has 5 nitrogen and oxygen atoms in total. The first-order chi connectivity index (χ1) is 10.5. The zero-order chi connectivity index (χ0) is 16.1. The Hall–Kier alpha value is -2.63. The van der Waals surface area contributed by atoms with Crippen LogP contribution in [0.2, 0.25) is 0 Å². The molecule has 116 valence electrons. The van der Waals surface area contributed by atoms with Gasteiger partial charge in [-0.25, -0.2) is 9.18 Å². The van der Waals surface area contributed by atoms with E-state index in [1.54, 1.807) is 24.3 Å². The Morgan fingerprint density at radius 1 is 1.18 bits per heavy atom. The van der Waals surface area contributed by atoms with Crippen molar-refractivity contribution in [1.82, 2.24) is 4.90 Å². The topological polar surface area (TPSA) is 70.8 Å². The summed E-state index contributed by atoms with van der Waals surface area (Å²) in [6, 6.07) is 9.31. The molecule has 1 heterocycles. The van der Waals surface area contributed by atoms with Crippen molar-refractivity contribution in [2.75, 3.05) is 13.6 Å². The number of nitrogens with zero attached hydrogens (tertiary/aromatic N) is 1. The molecule has 0 aliphatic carbocycles. The van der Waals surface area contributed by atoms with Crippen molar-refractivity contribution in [2.45, 2.75) is 12.8 Å². The Kier molecular flexibility index (Phi) is 4.93.